The standard InChI is InChI=1S/C37H56OS/c1-3-5-6-7-8-9-10-11-12-13-14-15-16-17-18-19-20-32-38-36-29-24-34(25-30-36)26-31-37(39)35-27-22-33(21-4-2)23-28-35/h22-31H,3-21,32H2,1-2H3. The van der Waals surface area contributed by atoms with Crippen LogP contribution in [0.3, 0.4) is 0 Å². The van der Waals surface area contributed by atoms with Gasteiger partial charge in [0.25, 0.3) is 0 Å². The summed E-state index contributed by atoms with van der Waals surface area (Å²) in [5, 5.41) is 0. The lowest BCUT2D eigenvalue weighted by molar-refractivity contribution is 0.304. The number of thiocarbonyl (C=S) groups is 1. The Kier molecular flexibility index (Phi) is 19.5. The Bertz CT molecular complexity index is 881. The highest BCUT2D eigenvalue weighted by atomic mass is 32.1. The van der Waals surface area contributed by atoms with Crippen LogP contribution in [0, 0.1) is 0 Å². The molecule has 0 radical (unpaired) electrons. The van der Waals surface area contributed by atoms with Crippen molar-refractivity contribution in [2.24, 2.45) is 0 Å². The number of ether oxygens (including phenoxy) is 1. The molecule has 0 saturated carbocycles. The van der Waals surface area contributed by atoms with Crippen LogP contribution in [-0.2, 0) is 6.42 Å². The van der Waals surface area contributed by atoms with Gasteiger partial charge < -0.3 is 4.74 Å². The first-order valence-electron chi connectivity index (χ1n) is 16.3. The molecule has 0 aromatic heterocycles. The van der Waals surface area contributed by atoms with Crippen molar-refractivity contribution in [1.29, 1.82) is 0 Å². The molecule has 0 unspecified atom stereocenters. The topological polar surface area (TPSA) is 9.23 Å². The number of hydrogen-bond acceptors (Lipinski definition) is 2. The van der Waals surface area contributed by atoms with Crippen molar-refractivity contribution < 1.29 is 4.74 Å². The Morgan fingerprint density at radius 2 is 1.08 bits per heavy atom. The lowest BCUT2D eigenvalue weighted by Crippen LogP contribution is -1.97. The van der Waals surface area contributed by atoms with E-state index >= 15 is 0 Å². The highest BCUT2D eigenvalue weighted by molar-refractivity contribution is 7.81. The summed E-state index contributed by atoms with van der Waals surface area (Å²) in [6, 6.07) is 17.0. The van der Waals surface area contributed by atoms with Crippen LogP contribution in [0.2, 0.25) is 0 Å². The van der Waals surface area contributed by atoms with Crippen LogP contribution in [0.1, 0.15) is 146 Å². The average molecular weight is 549 g/mol. The van der Waals surface area contributed by atoms with Crippen molar-refractivity contribution in [2.45, 2.75) is 136 Å². The van der Waals surface area contributed by atoms with Gasteiger partial charge in [0.2, 0.25) is 0 Å². The SMILES string of the molecule is CCCCCCCCCCCCCCCCCCCOc1ccc(C=CC(=S)c2ccc(CCC)cc2)cc1. The largest absolute Gasteiger partial charge is 0.494 e. The lowest BCUT2D eigenvalue weighted by atomic mass is 10.0. The quantitative estimate of drug-likeness (QED) is 0.0558. The minimum absolute atomic E-state index is 0.811. The molecule has 2 heteroatoms. The van der Waals surface area contributed by atoms with Crippen LogP contribution >= 0.6 is 12.2 Å². The molecule has 2 aromatic rings. The number of unbranched alkanes of at least 4 members (excludes halogenated alkanes) is 16. The van der Waals surface area contributed by atoms with Gasteiger partial charge in [0.1, 0.15) is 5.75 Å². The number of aryl methyl sites for hydroxylation is 1. The zero-order valence-corrected chi connectivity index (χ0v) is 26.0. The predicted molar refractivity (Wildman–Crippen MR) is 177 cm³/mol. The average Bonchev–Trinajstić information content (AvgIpc) is 2.96. The molecular formula is C37H56OS. The third kappa shape index (κ3) is 16.7. The Hall–Kier alpha value is -1.93. The normalized spacial score (nSPS) is 11.3. The van der Waals surface area contributed by atoms with Crippen molar-refractivity contribution in [3.05, 3.63) is 71.3 Å². The summed E-state index contributed by atoms with van der Waals surface area (Å²) in [4.78, 5) is 0.872. The van der Waals surface area contributed by atoms with Crippen LogP contribution < -0.4 is 4.74 Å². The van der Waals surface area contributed by atoms with Gasteiger partial charge in [-0.3, -0.25) is 0 Å². The summed E-state index contributed by atoms with van der Waals surface area (Å²) in [5.74, 6) is 0.956. The maximum atomic E-state index is 5.96. The molecular weight excluding hydrogens is 492 g/mol. The van der Waals surface area contributed by atoms with Gasteiger partial charge in [0, 0.05) is 4.86 Å². The van der Waals surface area contributed by atoms with Crippen molar-refractivity contribution in [3.8, 4) is 5.75 Å². The smallest absolute Gasteiger partial charge is 0.119 e. The van der Waals surface area contributed by atoms with Crippen molar-refractivity contribution in [2.75, 3.05) is 6.61 Å². The van der Waals surface area contributed by atoms with Gasteiger partial charge in [-0.25, -0.2) is 0 Å². The van der Waals surface area contributed by atoms with Crippen LogP contribution in [0.4, 0.5) is 0 Å². The summed E-state index contributed by atoms with van der Waals surface area (Å²) < 4.78 is 5.96. The molecule has 39 heavy (non-hydrogen) atoms. The molecule has 0 saturated heterocycles. The Morgan fingerprint density at radius 3 is 1.56 bits per heavy atom. The molecule has 216 valence electrons. The minimum Gasteiger partial charge on any atom is -0.494 e. The van der Waals surface area contributed by atoms with Gasteiger partial charge in [-0.05, 0) is 47.7 Å². The summed E-state index contributed by atoms with van der Waals surface area (Å²) in [6.45, 7) is 5.31. The monoisotopic (exact) mass is 548 g/mol. The number of hydrogen-bond donors (Lipinski definition) is 0. The van der Waals surface area contributed by atoms with Gasteiger partial charge in [0.05, 0.1) is 6.61 Å². The van der Waals surface area contributed by atoms with Gasteiger partial charge in [-0.2, -0.15) is 0 Å². The second kappa shape index (κ2) is 22.8. The third-order valence-corrected chi connectivity index (χ3v) is 7.97. The molecule has 0 fully saturated rings. The van der Waals surface area contributed by atoms with E-state index in [-0.39, 0.29) is 0 Å². The zero-order chi connectivity index (χ0) is 27.8. The molecule has 0 heterocycles. The molecule has 0 bridgehead atoms. The van der Waals surface area contributed by atoms with Crippen LogP contribution in [0.25, 0.3) is 6.08 Å². The van der Waals surface area contributed by atoms with Gasteiger partial charge in [0.15, 0.2) is 0 Å². The predicted octanol–water partition coefficient (Wildman–Crippen LogP) is 12.1. The van der Waals surface area contributed by atoms with Crippen molar-refractivity contribution >= 4 is 23.2 Å². The van der Waals surface area contributed by atoms with E-state index in [1.54, 1.807) is 0 Å². The third-order valence-electron chi connectivity index (χ3n) is 7.60. The highest BCUT2D eigenvalue weighted by Gasteiger charge is 2.00. The maximum Gasteiger partial charge on any atom is 0.119 e. The summed E-state index contributed by atoms with van der Waals surface area (Å²) in [7, 11) is 0. The molecule has 0 amide bonds. The Labute approximate surface area is 246 Å². The second-order valence-electron chi connectivity index (χ2n) is 11.2. The molecule has 2 aromatic carbocycles. The fourth-order valence-electron chi connectivity index (χ4n) is 5.08. The first kappa shape index (κ1) is 33.3. The first-order chi connectivity index (χ1) is 19.2. The molecule has 0 aliphatic rings. The number of rotatable bonds is 24. The maximum absolute atomic E-state index is 5.96. The van der Waals surface area contributed by atoms with Crippen LogP contribution in [-0.4, -0.2) is 11.5 Å². The summed E-state index contributed by atoms with van der Waals surface area (Å²) in [5.41, 5.74) is 3.62. The second-order valence-corrected chi connectivity index (χ2v) is 11.7. The Balaban J connectivity index is 1.43. The summed E-state index contributed by atoms with van der Waals surface area (Å²) in [6.07, 6.45) is 30.2. The van der Waals surface area contributed by atoms with Crippen molar-refractivity contribution in [1.82, 2.24) is 0 Å². The van der Waals surface area contributed by atoms with E-state index < -0.39 is 0 Å². The first-order valence-corrected chi connectivity index (χ1v) is 16.7. The van der Waals surface area contributed by atoms with E-state index in [4.69, 9.17) is 17.0 Å². The van der Waals surface area contributed by atoms with Crippen molar-refractivity contribution in [3.63, 3.8) is 0 Å². The minimum atomic E-state index is 0.811. The van der Waals surface area contributed by atoms with Crippen LogP contribution in [0.15, 0.2) is 54.6 Å². The highest BCUT2D eigenvalue weighted by Crippen LogP contribution is 2.17. The number of benzene rings is 2. The van der Waals surface area contributed by atoms with E-state index in [1.165, 1.54) is 115 Å². The van der Waals surface area contributed by atoms with Gasteiger partial charge in [-0.1, -0.05) is 178 Å². The van der Waals surface area contributed by atoms with Gasteiger partial charge in [-0.15, -0.1) is 0 Å². The molecule has 2 rings (SSSR count). The van der Waals surface area contributed by atoms with E-state index in [9.17, 15) is 0 Å². The molecule has 0 spiro atoms. The molecule has 0 aliphatic heterocycles. The van der Waals surface area contributed by atoms with E-state index in [0.717, 1.165) is 41.2 Å². The molecule has 0 atom stereocenters. The van der Waals surface area contributed by atoms with Gasteiger partial charge >= 0.3 is 0 Å². The van der Waals surface area contributed by atoms with E-state index in [0.29, 0.717) is 0 Å². The van der Waals surface area contributed by atoms with E-state index in [1.807, 2.05) is 6.08 Å². The molecule has 0 N–H and O–H groups in total. The fourth-order valence-corrected chi connectivity index (χ4v) is 5.29. The molecule has 1 nitrogen and oxygen atoms in total. The lowest BCUT2D eigenvalue weighted by Gasteiger charge is -2.07. The zero-order valence-electron chi connectivity index (χ0n) is 25.2. The number of allylic oxidation sites excluding steroid dienone is 1. The van der Waals surface area contributed by atoms with Crippen LogP contribution in [0.5, 0.6) is 5.75 Å². The Morgan fingerprint density at radius 1 is 0.590 bits per heavy atom. The fraction of sp³-hybridized carbons (Fsp3) is 0.595. The molecule has 0 aliphatic carbocycles. The van der Waals surface area contributed by atoms with E-state index in [2.05, 4.69) is 68.5 Å². The summed E-state index contributed by atoms with van der Waals surface area (Å²) >= 11 is 5.60.